The zero-order valence-electron chi connectivity index (χ0n) is 12.1. The minimum absolute atomic E-state index is 0.0513. The summed E-state index contributed by atoms with van der Waals surface area (Å²) in [5, 5.41) is 4.25. The standard InChI is InChI=1S/C16H19N3OS/c1-10-17-14-3-2-12(7-15(14)21-10)16(20)18-13-6-11-4-5-19(8-11)9-13/h2-3,7,11,13H,4-6,8-9H2,1H3,(H,18,20). The smallest absolute Gasteiger partial charge is 0.251 e. The van der Waals surface area contributed by atoms with E-state index in [9.17, 15) is 4.79 Å². The van der Waals surface area contributed by atoms with E-state index in [2.05, 4.69) is 15.2 Å². The lowest BCUT2D eigenvalue weighted by Gasteiger charge is -2.30. The van der Waals surface area contributed by atoms with Gasteiger partial charge in [0, 0.05) is 24.7 Å². The second kappa shape index (κ2) is 5.07. The number of carbonyl (C=O) groups is 1. The fraction of sp³-hybridized carbons (Fsp3) is 0.500. The van der Waals surface area contributed by atoms with Crippen molar-refractivity contribution < 1.29 is 4.79 Å². The van der Waals surface area contributed by atoms with Crippen LogP contribution >= 0.6 is 11.3 Å². The number of rotatable bonds is 2. The molecule has 1 amide bonds. The highest BCUT2D eigenvalue weighted by Crippen LogP contribution is 2.27. The van der Waals surface area contributed by atoms with Crippen LogP contribution in [-0.4, -0.2) is 41.5 Å². The Balaban J connectivity index is 1.50. The third kappa shape index (κ3) is 2.56. The first-order valence-corrected chi connectivity index (χ1v) is 8.39. The van der Waals surface area contributed by atoms with Gasteiger partial charge in [0.1, 0.15) is 0 Å². The molecular formula is C16H19N3OS. The highest BCUT2D eigenvalue weighted by molar-refractivity contribution is 7.18. The first-order chi connectivity index (χ1) is 10.2. The molecule has 3 atom stereocenters. The number of hydrogen-bond acceptors (Lipinski definition) is 4. The van der Waals surface area contributed by atoms with Gasteiger partial charge in [-0.15, -0.1) is 11.3 Å². The summed E-state index contributed by atoms with van der Waals surface area (Å²) >= 11 is 1.64. The van der Waals surface area contributed by atoms with Gasteiger partial charge in [-0.2, -0.15) is 0 Å². The lowest BCUT2D eigenvalue weighted by molar-refractivity contribution is 0.0909. The van der Waals surface area contributed by atoms with Crippen molar-refractivity contribution in [3.8, 4) is 0 Å². The van der Waals surface area contributed by atoms with Gasteiger partial charge in [-0.3, -0.25) is 4.79 Å². The predicted octanol–water partition coefficient (Wildman–Crippen LogP) is 2.43. The number of nitrogens with one attached hydrogen (secondary N) is 1. The highest BCUT2D eigenvalue weighted by Gasteiger charge is 2.32. The quantitative estimate of drug-likeness (QED) is 0.926. The van der Waals surface area contributed by atoms with E-state index in [1.54, 1.807) is 11.3 Å². The Bertz CT molecular complexity index is 684. The number of benzene rings is 1. The minimum atomic E-state index is 0.0513. The maximum atomic E-state index is 12.5. The second-order valence-electron chi connectivity index (χ2n) is 6.24. The summed E-state index contributed by atoms with van der Waals surface area (Å²) in [6.45, 7) is 5.42. The van der Waals surface area contributed by atoms with Crippen LogP contribution in [0.2, 0.25) is 0 Å². The SMILES string of the molecule is Cc1nc2ccc(C(=O)NC3CC4CCN(C4)C3)cc2s1. The van der Waals surface area contributed by atoms with E-state index in [0.29, 0.717) is 6.04 Å². The van der Waals surface area contributed by atoms with E-state index in [1.165, 1.54) is 19.5 Å². The van der Waals surface area contributed by atoms with Crippen LogP contribution in [0, 0.1) is 12.8 Å². The molecule has 0 aliphatic carbocycles. The molecule has 2 aliphatic heterocycles. The van der Waals surface area contributed by atoms with E-state index >= 15 is 0 Å². The monoisotopic (exact) mass is 301 g/mol. The molecule has 2 bridgehead atoms. The Labute approximate surface area is 128 Å². The number of carbonyl (C=O) groups excluding carboxylic acids is 1. The van der Waals surface area contributed by atoms with Gasteiger partial charge in [-0.25, -0.2) is 4.98 Å². The average Bonchev–Trinajstić information content (AvgIpc) is 2.99. The summed E-state index contributed by atoms with van der Waals surface area (Å²) < 4.78 is 1.09. The normalized spacial score (nSPS) is 28.0. The summed E-state index contributed by atoms with van der Waals surface area (Å²) in [5.41, 5.74) is 1.73. The van der Waals surface area contributed by atoms with Crippen molar-refractivity contribution in [1.82, 2.24) is 15.2 Å². The van der Waals surface area contributed by atoms with Crippen LogP contribution < -0.4 is 5.32 Å². The Morgan fingerprint density at radius 3 is 3.19 bits per heavy atom. The summed E-state index contributed by atoms with van der Waals surface area (Å²) in [7, 11) is 0. The number of thiazole rings is 1. The van der Waals surface area contributed by atoms with Gasteiger partial charge in [-0.1, -0.05) is 0 Å². The van der Waals surface area contributed by atoms with Crippen molar-refractivity contribution in [3.05, 3.63) is 28.8 Å². The molecule has 1 aromatic heterocycles. The molecule has 0 saturated carbocycles. The van der Waals surface area contributed by atoms with Crippen LogP contribution in [-0.2, 0) is 0 Å². The average molecular weight is 301 g/mol. The first kappa shape index (κ1) is 13.2. The summed E-state index contributed by atoms with van der Waals surface area (Å²) in [4.78, 5) is 19.4. The molecule has 3 heterocycles. The maximum Gasteiger partial charge on any atom is 0.251 e. The van der Waals surface area contributed by atoms with Crippen LogP contribution in [0.4, 0.5) is 0 Å². The number of nitrogens with zero attached hydrogens (tertiary/aromatic N) is 2. The molecule has 1 N–H and O–H groups in total. The Morgan fingerprint density at radius 1 is 1.43 bits per heavy atom. The minimum Gasteiger partial charge on any atom is -0.348 e. The molecule has 1 aromatic carbocycles. The van der Waals surface area contributed by atoms with Gasteiger partial charge in [0.25, 0.3) is 5.91 Å². The van der Waals surface area contributed by atoms with Gasteiger partial charge in [0.2, 0.25) is 0 Å². The molecule has 0 spiro atoms. The number of piperidine rings is 1. The number of aryl methyl sites for hydroxylation is 1. The Morgan fingerprint density at radius 2 is 2.33 bits per heavy atom. The van der Waals surface area contributed by atoms with E-state index in [0.717, 1.165) is 39.7 Å². The molecule has 2 aromatic rings. The van der Waals surface area contributed by atoms with Crippen LogP contribution in [0.3, 0.4) is 0 Å². The lowest BCUT2D eigenvalue weighted by atomic mass is 9.96. The van der Waals surface area contributed by atoms with E-state index in [-0.39, 0.29) is 5.91 Å². The molecule has 4 rings (SSSR count). The summed E-state index contributed by atoms with van der Waals surface area (Å²) in [6.07, 6.45) is 2.42. The Hall–Kier alpha value is -1.46. The fourth-order valence-electron chi connectivity index (χ4n) is 3.61. The zero-order chi connectivity index (χ0) is 14.4. The summed E-state index contributed by atoms with van der Waals surface area (Å²) in [5.74, 6) is 0.825. The lowest BCUT2D eigenvalue weighted by Crippen LogP contribution is -2.47. The number of aromatic nitrogens is 1. The maximum absolute atomic E-state index is 12.5. The van der Waals surface area contributed by atoms with Crippen molar-refractivity contribution in [2.75, 3.05) is 19.6 Å². The van der Waals surface area contributed by atoms with Gasteiger partial charge in [-0.05, 0) is 50.4 Å². The molecular weight excluding hydrogens is 282 g/mol. The third-order valence-corrected chi connectivity index (χ3v) is 5.49. The fourth-order valence-corrected chi connectivity index (χ4v) is 4.48. The van der Waals surface area contributed by atoms with Crippen molar-refractivity contribution in [2.45, 2.75) is 25.8 Å². The topological polar surface area (TPSA) is 45.2 Å². The van der Waals surface area contributed by atoms with E-state index < -0.39 is 0 Å². The molecule has 4 nitrogen and oxygen atoms in total. The molecule has 0 radical (unpaired) electrons. The summed E-state index contributed by atoms with van der Waals surface area (Å²) in [6, 6.07) is 6.10. The molecule has 21 heavy (non-hydrogen) atoms. The molecule has 3 unspecified atom stereocenters. The Kier molecular flexibility index (Phi) is 3.19. The predicted molar refractivity (Wildman–Crippen MR) is 84.8 cm³/mol. The van der Waals surface area contributed by atoms with Crippen LogP contribution in [0.1, 0.15) is 28.2 Å². The van der Waals surface area contributed by atoms with Crippen LogP contribution in [0.15, 0.2) is 18.2 Å². The van der Waals surface area contributed by atoms with Crippen molar-refractivity contribution in [2.24, 2.45) is 5.92 Å². The molecule has 5 heteroatoms. The van der Waals surface area contributed by atoms with Gasteiger partial charge in [0.05, 0.1) is 15.2 Å². The molecule has 2 saturated heterocycles. The number of amides is 1. The third-order valence-electron chi connectivity index (χ3n) is 4.56. The van der Waals surface area contributed by atoms with Gasteiger partial charge >= 0.3 is 0 Å². The van der Waals surface area contributed by atoms with Crippen LogP contribution in [0.5, 0.6) is 0 Å². The van der Waals surface area contributed by atoms with Crippen molar-refractivity contribution >= 4 is 27.5 Å². The number of hydrogen-bond donors (Lipinski definition) is 1. The van der Waals surface area contributed by atoms with Gasteiger partial charge < -0.3 is 10.2 Å². The van der Waals surface area contributed by atoms with Crippen molar-refractivity contribution in [1.29, 1.82) is 0 Å². The molecule has 110 valence electrons. The zero-order valence-corrected chi connectivity index (χ0v) is 12.9. The largest absolute Gasteiger partial charge is 0.348 e. The molecule has 2 fully saturated rings. The van der Waals surface area contributed by atoms with Crippen LogP contribution in [0.25, 0.3) is 10.2 Å². The highest BCUT2D eigenvalue weighted by atomic mass is 32.1. The second-order valence-corrected chi connectivity index (χ2v) is 7.47. The number of fused-ring (bicyclic) bond motifs is 3. The van der Waals surface area contributed by atoms with E-state index in [4.69, 9.17) is 0 Å². The molecule has 2 aliphatic rings. The van der Waals surface area contributed by atoms with Gasteiger partial charge in [0.15, 0.2) is 0 Å². The first-order valence-electron chi connectivity index (χ1n) is 7.58. The van der Waals surface area contributed by atoms with E-state index in [1.807, 2.05) is 25.1 Å². The van der Waals surface area contributed by atoms with Crippen molar-refractivity contribution in [3.63, 3.8) is 0 Å².